The highest BCUT2D eigenvalue weighted by molar-refractivity contribution is 5.84. The van der Waals surface area contributed by atoms with Crippen molar-refractivity contribution in [3.05, 3.63) is 0 Å². The Kier molecular flexibility index (Phi) is 8.43. The van der Waals surface area contributed by atoms with Crippen LogP contribution in [0.15, 0.2) is 0 Å². The molecule has 9 atom stereocenters. The lowest BCUT2D eigenvalue weighted by Crippen LogP contribution is -2.64. The molecule has 5 aliphatic rings. The molecule has 0 amide bonds. The maximum Gasteiger partial charge on any atom is 0.136 e. The normalized spacial score (nSPS) is 47.9. The third kappa shape index (κ3) is 4.38. The van der Waals surface area contributed by atoms with E-state index < -0.39 is 0 Å². The Morgan fingerprint density at radius 1 is 0.771 bits per heavy atom. The maximum atomic E-state index is 14.0. The third-order valence-electron chi connectivity index (χ3n) is 12.1. The van der Waals surface area contributed by atoms with Crippen LogP contribution in [0.5, 0.6) is 0 Å². The SMILES string of the molecule is CC.CC.CC1C(=O)CCC2(C)C1CCC1(C)C3CCC4(CO)CCC(C)(C)CC4C3C(=O)CC21. The van der Waals surface area contributed by atoms with Crippen molar-refractivity contribution in [2.75, 3.05) is 6.61 Å². The molecule has 0 saturated heterocycles. The van der Waals surface area contributed by atoms with Gasteiger partial charge in [-0.3, -0.25) is 9.59 Å². The van der Waals surface area contributed by atoms with Gasteiger partial charge in [0.25, 0.3) is 0 Å². The van der Waals surface area contributed by atoms with Gasteiger partial charge in [0.05, 0.1) is 0 Å². The van der Waals surface area contributed by atoms with E-state index in [1.165, 1.54) is 12.8 Å². The van der Waals surface area contributed by atoms with Gasteiger partial charge in [0.15, 0.2) is 0 Å². The Labute approximate surface area is 216 Å². The number of Topliss-reactive ketones (excluding diaryl/α,β-unsaturated/α-hetero) is 2. The summed E-state index contributed by atoms with van der Waals surface area (Å²) in [5.41, 5.74) is 0.569. The fourth-order valence-corrected chi connectivity index (χ4v) is 10.1. The monoisotopic (exact) mass is 488 g/mol. The lowest BCUT2D eigenvalue weighted by molar-refractivity contribution is -0.200. The van der Waals surface area contributed by atoms with Gasteiger partial charge in [-0.15, -0.1) is 0 Å². The summed E-state index contributed by atoms with van der Waals surface area (Å²) in [6, 6.07) is 0. The first kappa shape index (κ1) is 28.9. The van der Waals surface area contributed by atoms with Crippen molar-refractivity contribution in [2.45, 2.75) is 127 Å². The summed E-state index contributed by atoms with van der Waals surface area (Å²) >= 11 is 0. The molecule has 0 aromatic heterocycles. The predicted octanol–water partition coefficient (Wildman–Crippen LogP) is 7.88. The molecule has 0 aliphatic heterocycles. The van der Waals surface area contributed by atoms with Crippen molar-refractivity contribution in [1.82, 2.24) is 0 Å². The smallest absolute Gasteiger partial charge is 0.136 e. The summed E-state index contributed by atoms with van der Waals surface area (Å²) < 4.78 is 0. The number of fused-ring (bicyclic) bond motifs is 7. The molecule has 0 aromatic rings. The highest BCUT2D eigenvalue weighted by atomic mass is 16.3. The zero-order valence-electron chi connectivity index (χ0n) is 24.5. The van der Waals surface area contributed by atoms with Crippen LogP contribution in [0.1, 0.15) is 127 Å². The van der Waals surface area contributed by atoms with E-state index in [-0.39, 0.29) is 40.1 Å². The van der Waals surface area contributed by atoms with E-state index in [0.717, 1.165) is 38.5 Å². The van der Waals surface area contributed by atoms with Gasteiger partial charge in [0.2, 0.25) is 0 Å². The maximum absolute atomic E-state index is 14.0. The predicted molar refractivity (Wildman–Crippen MR) is 145 cm³/mol. The fourth-order valence-electron chi connectivity index (χ4n) is 10.1. The quantitative estimate of drug-likeness (QED) is 0.408. The third-order valence-corrected chi connectivity index (χ3v) is 12.1. The number of rotatable bonds is 1. The van der Waals surface area contributed by atoms with Crippen LogP contribution in [-0.4, -0.2) is 23.3 Å². The Morgan fingerprint density at radius 2 is 1.37 bits per heavy atom. The minimum atomic E-state index is -0.0254. The highest BCUT2D eigenvalue weighted by Crippen LogP contribution is 2.71. The second kappa shape index (κ2) is 10.2. The standard InChI is InChI=1S/C28H44O3.2C2H6/c1-17-18-6-9-27(5)19-7-11-28(16-29)13-12-25(2,3)15-20(28)24(19)22(31)14-23(27)26(18,4)10-8-21(17)30;2*1-2/h17-20,23-24,29H,6-16H2,1-5H3;2*1-2H3. The van der Waals surface area contributed by atoms with Gasteiger partial charge < -0.3 is 5.11 Å². The largest absolute Gasteiger partial charge is 0.396 e. The van der Waals surface area contributed by atoms with Crippen molar-refractivity contribution in [3.8, 4) is 0 Å². The molecule has 5 saturated carbocycles. The van der Waals surface area contributed by atoms with E-state index in [9.17, 15) is 14.7 Å². The number of aliphatic hydroxyl groups excluding tert-OH is 1. The Bertz CT molecular complexity index is 786. The molecule has 1 N–H and O–H groups in total. The van der Waals surface area contributed by atoms with E-state index >= 15 is 0 Å². The van der Waals surface area contributed by atoms with Crippen LogP contribution in [0.25, 0.3) is 0 Å². The van der Waals surface area contributed by atoms with E-state index in [1.54, 1.807) is 0 Å². The van der Waals surface area contributed by atoms with Crippen molar-refractivity contribution < 1.29 is 14.7 Å². The summed E-state index contributed by atoms with van der Waals surface area (Å²) in [5.74, 6) is 2.92. The molecular weight excluding hydrogens is 432 g/mol. The minimum Gasteiger partial charge on any atom is -0.396 e. The van der Waals surface area contributed by atoms with Crippen molar-refractivity contribution in [2.24, 2.45) is 57.2 Å². The number of hydrogen-bond donors (Lipinski definition) is 1. The molecular formula is C32H56O3. The van der Waals surface area contributed by atoms with Gasteiger partial charge >= 0.3 is 0 Å². The van der Waals surface area contributed by atoms with Crippen LogP contribution < -0.4 is 0 Å². The Morgan fingerprint density at radius 3 is 2.00 bits per heavy atom. The van der Waals surface area contributed by atoms with Crippen molar-refractivity contribution >= 4 is 11.6 Å². The van der Waals surface area contributed by atoms with Crippen LogP contribution in [0.2, 0.25) is 0 Å². The second-order valence-electron chi connectivity index (χ2n) is 13.8. The zero-order valence-corrected chi connectivity index (χ0v) is 24.5. The van der Waals surface area contributed by atoms with Crippen LogP contribution in [0.3, 0.4) is 0 Å². The molecule has 3 nitrogen and oxygen atoms in total. The molecule has 0 bridgehead atoms. The van der Waals surface area contributed by atoms with E-state index in [2.05, 4.69) is 34.6 Å². The summed E-state index contributed by atoms with van der Waals surface area (Å²) in [4.78, 5) is 26.5. The van der Waals surface area contributed by atoms with Gasteiger partial charge in [-0.2, -0.15) is 0 Å². The zero-order chi connectivity index (χ0) is 26.4. The minimum absolute atomic E-state index is 0.0254. The molecule has 3 heteroatoms. The first-order chi connectivity index (χ1) is 16.5. The van der Waals surface area contributed by atoms with Crippen LogP contribution in [-0.2, 0) is 9.59 Å². The van der Waals surface area contributed by atoms with Gasteiger partial charge in [0, 0.05) is 31.3 Å². The van der Waals surface area contributed by atoms with Crippen molar-refractivity contribution in [1.29, 1.82) is 0 Å². The number of carbonyl (C=O) groups is 2. The van der Waals surface area contributed by atoms with Crippen LogP contribution in [0.4, 0.5) is 0 Å². The topological polar surface area (TPSA) is 54.4 Å². The molecule has 5 fully saturated rings. The Hall–Kier alpha value is -0.700. The van der Waals surface area contributed by atoms with Crippen molar-refractivity contribution in [3.63, 3.8) is 0 Å². The van der Waals surface area contributed by atoms with E-state index in [1.807, 2.05) is 27.7 Å². The highest BCUT2D eigenvalue weighted by Gasteiger charge is 2.66. The number of hydrogen-bond acceptors (Lipinski definition) is 3. The molecule has 9 unspecified atom stereocenters. The summed E-state index contributed by atoms with van der Waals surface area (Å²) in [6.45, 7) is 20.1. The molecule has 0 aromatic carbocycles. The number of carbonyl (C=O) groups excluding carboxylic acids is 2. The summed E-state index contributed by atoms with van der Waals surface area (Å²) in [5, 5.41) is 10.5. The van der Waals surface area contributed by atoms with E-state index in [4.69, 9.17) is 0 Å². The summed E-state index contributed by atoms with van der Waals surface area (Å²) in [7, 11) is 0. The first-order valence-corrected chi connectivity index (χ1v) is 15.1. The number of aliphatic hydroxyl groups is 1. The lowest BCUT2D eigenvalue weighted by atomic mass is 9.36. The molecule has 35 heavy (non-hydrogen) atoms. The molecule has 0 spiro atoms. The van der Waals surface area contributed by atoms with Gasteiger partial charge in [-0.05, 0) is 96.7 Å². The lowest BCUT2D eigenvalue weighted by Gasteiger charge is -2.68. The van der Waals surface area contributed by atoms with Gasteiger partial charge in [0.1, 0.15) is 11.6 Å². The van der Waals surface area contributed by atoms with Gasteiger partial charge in [-0.25, -0.2) is 0 Å². The average Bonchev–Trinajstić information content (AvgIpc) is 2.85. The van der Waals surface area contributed by atoms with Crippen LogP contribution >= 0.6 is 0 Å². The molecule has 202 valence electrons. The second-order valence-corrected chi connectivity index (χ2v) is 13.8. The Balaban J connectivity index is 0.000000815. The van der Waals surface area contributed by atoms with Crippen LogP contribution in [0, 0.1) is 57.2 Å². The van der Waals surface area contributed by atoms with E-state index in [0.29, 0.717) is 48.1 Å². The summed E-state index contributed by atoms with van der Waals surface area (Å²) in [6.07, 6.45) is 10.2. The molecule has 0 heterocycles. The average molecular weight is 489 g/mol. The molecule has 5 aliphatic carbocycles. The molecule has 5 rings (SSSR count). The first-order valence-electron chi connectivity index (χ1n) is 15.1. The van der Waals surface area contributed by atoms with Gasteiger partial charge in [-0.1, -0.05) is 62.3 Å². The molecule has 0 radical (unpaired) electrons. The number of ketones is 2. The fraction of sp³-hybridized carbons (Fsp3) is 0.938.